The van der Waals surface area contributed by atoms with Gasteiger partial charge in [0.25, 0.3) is 5.91 Å². The summed E-state index contributed by atoms with van der Waals surface area (Å²) < 4.78 is 18.9. The molecule has 6 nitrogen and oxygen atoms in total. The molecule has 1 aliphatic rings. The molecule has 0 radical (unpaired) electrons. The molecule has 2 atom stereocenters. The van der Waals surface area contributed by atoms with E-state index in [1.165, 1.54) is 12.1 Å². The number of carbonyl (C=O) groups excluding carboxylic acids is 2. The van der Waals surface area contributed by atoms with E-state index in [1.807, 2.05) is 61.5 Å². The maximum atomic E-state index is 13.8. The van der Waals surface area contributed by atoms with E-state index in [0.717, 1.165) is 11.1 Å². The molecule has 0 aliphatic carbocycles. The summed E-state index contributed by atoms with van der Waals surface area (Å²) in [5.41, 5.74) is 2.82. The molecule has 1 heterocycles. The van der Waals surface area contributed by atoms with Crippen molar-refractivity contribution in [3.63, 3.8) is 0 Å². The van der Waals surface area contributed by atoms with Gasteiger partial charge in [0, 0.05) is 25.2 Å². The minimum atomic E-state index is -0.611. The first-order valence-corrected chi connectivity index (χ1v) is 11.6. The van der Waals surface area contributed by atoms with Crippen molar-refractivity contribution < 1.29 is 18.7 Å². The van der Waals surface area contributed by atoms with Crippen LogP contribution < -0.4 is 10.1 Å². The number of fused-ring (bicyclic) bond motifs is 1. The van der Waals surface area contributed by atoms with E-state index in [-0.39, 0.29) is 24.2 Å². The number of benzene rings is 3. The Morgan fingerprint density at radius 2 is 1.71 bits per heavy atom. The third kappa shape index (κ3) is 5.35. The molecule has 0 saturated heterocycles. The van der Waals surface area contributed by atoms with Crippen molar-refractivity contribution in [1.82, 2.24) is 15.1 Å². The molecular formula is C28H30FN3O3. The molecule has 7 heteroatoms. The Balaban J connectivity index is 1.80. The molecule has 1 N–H and O–H groups in total. The fourth-order valence-corrected chi connectivity index (χ4v) is 4.52. The van der Waals surface area contributed by atoms with E-state index in [9.17, 15) is 14.0 Å². The van der Waals surface area contributed by atoms with Crippen molar-refractivity contribution in [2.24, 2.45) is 0 Å². The first-order valence-electron chi connectivity index (χ1n) is 11.6. The second-order valence-electron chi connectivity index (χ2n) is 8.94. The van der Waals surface area contributed by atoms with Crippen LogP contribution >= 0.6 is 0 Å². The Hall–Kier alpha value is -3.71. The SMILES string of the molecule is COc1ccc([C@@H]2[C@@H](C(=O)NCCN(C)C)c3ccccc3C(=O)N2Cc2ccc(F)cc2)cc1. The standard InChI is InChI=1S/C28H30FN3O3/c1-31(2)17-16-30-27(33)25-23-6-4-5-7-24(23)28(34)32(18-19-8-12-21(29)13-9-19)26(25)20-10-14-22(35-3)15-11-20/h4-15,25-26H,16-18H2,1-3H3,(H,30,33)/t25-,26+/m0/s1. The molecule has 2 amide bonds. The fraction of sp³-hybridized carbons (Fsp3) is 0.286. The van der Waals surface area contributed by atoms with Crippen LogP contribution in [-0.2, 0) is 11.3 Å². The van der Waals surface area contributed by atoms with Gasteiger partial charge in [0.2, 0.25) is 5.91 Å². The number of methoxy groups -OCH3 is 1. The highest BCUT2D eigenvalue weighted by molar-refractivity contribution is 6.01. The minimum absolute atomic E-state index is 0.142. The summed E-state index contributed by atoms with van der Waals surface area (Å²) >= 11 is 0. The number of likely N-dealkylation sites (N-methyl/N-ethyl adjacent to an activating group) is 1. The van der Waals surface area contributed by atoms with Crippen molar-refractivity contribution in [2.75, 3.05) is 34.3 Å². The van der Waals surface area contributed by atoms with Crippen LogP contribution in [0, 0.1) is 5.82 Å². The summed E-state index contributed by atoms with van der Waals surface area (Å²) in [5.74, 6) is -0.568. The molecule has 4 rings (SSSR count). The van der Waals surface area contributed by atoms with E-state index in [1.54, 1.807) is 30.2 Å². The highest BCUT2D eigenvalue weighted by atomic mass is 19.1. The normalized spacial score (nSPS) is 17.3. The van der Waals surface area contributed by atoms with Gasteiger partial charge in [-0.2, -0.15) is 0 Å². The third-order valence-corrected chi connectivity index (χ3v) is 6.30. The molecule has 0 fully saturated rings. The van der Waals surface area contributed by atoms with Gasteiger partial charge >= 0.3 is 0 Å². The predicted molar refractivity (Wildman–Crippen MR) is 133 cm³/mol. The van der Waals surface area contributed by atoms with Gasteiger partial charge in [0.1, 0.15) is 11.6 Å². The van der Waals surface area contributed by atoms with Gasteiger partial charge in [-0.25, -0.2) is 4.39 Å². The molecule has 0 unspecified atom stereocenters. The summed E-state index contributed by atoms with van der Waals surface area (Å²) in [6.07, 6.45) is 0. The first kappa shape index (κ1) is 24.4. The van der Waals surface area contributed by atoms with Crippen LogP contribution in [0.1, 0.15) is 39.0 Å². The van der Waals surface area contributed by atoms with Crippen LogP contribution in [0.5, 0.6) is 5.75 Å². The number of nitrogens with zero attached hydrogens (tertiary/aromatic N) is 2. The van der Waals surface area contributed by atoms with Crippen molar-refractivity contribution in [1.29, 1.82) is 0 Å². The van der Waals surface area contributed by atoms with Gasteiger partial charge in [-0.3, -0.25) is 9.59 Å². The summed E-state index contributed by atoms with van der Waals surface area (Å²) in [6.45, 7) is 1.43. The van der Waals surface area contributed by atoms with Gasteiger partial charge in [0.05, 0.1) is 19.1 Å². The molecule has 0 bridgehead atoms. The monoisotopic (exact) mass is 475 g/mol. The van der Waals surface area contributed by atoms with Crippen molar-refractivity contribution in [2.45, 2.75) is 18.5 Å². The van der Waals surface area contributed by atoms with Crippen LogP contribution in [0.15, 0.2) is 72.8 Å². The van der Waals surface area contributed by atoms with E-state index in [2.05, 4.69) is 5.32 Å². The summed E-state index contributed by atoms with van der Waals surface area (Å²) in [6, 6.07) is 20.3. The van der Waals surface area contributed by atoms with E-state index < -0.39 is 12.0 Å². The summed E-state index contributed by atoms with van der Waals surface area (Å²) in [4.78, 5) is 31.1. The molecule has 182 valence electrons. The average Bonchev–Trinajstić information content (AvgIpc) is 2.86. The number of ether oxygens (including phenoxy) is 1. The average molecular weight is 476 g/mol. The summed E-state index contributed by atoms with van der Waals surface area (Å²) in [5, 5.41) is 3.06. The maximum Gasteiger partial charge on any atom is 0.255 e. The molecular weight excluding hydrogens is 445 g/mol. The highest BCUT2D eigenvalue weighted by Gasteiger charge is 2.44. The largest absolute Gasteiger partial charge is 0.497 e. The summed E-state index contributed by atoms with van der Waals surface area (Å²) in [7, 11) is 5.49. The topological polar surface area (TPSA) is 61.9 Å². The molecule has 3 aromatic rings. The number of halogens is 1. The molecule has 0 saturated carbocycles. The molecule has 0 spiro atoms. The number of carbonyl (C=O) groups is 2. The molecule has 3 aromatic carbocycles. The van der Waals surface area contributed by atoms with Crippen LogP contribution in [0.3, 0.4) is 0 Å². The molecule has 35 heavy (non-hydrogen) atoms. The van der Waals surface area contributed by atoms with Gasteiger partial charge in [-0.05, 0) is 61.1 Å². The number of rotatable bonds is 8. The Labute approximate surface area is 205 Å². The number of nitrogens with one attached hydrogen (secondary N) is 1. The molecule has 0 aromatic heterocycles. The Morgan fingerprint density at radius 3 is 2.37 bits per heavy atom. The molecule has 1 aliphatic heterocycles. The van der Waals surface area contributed by atoms with E-state index >= 15 is 0 Å². The van der Waals surface area contributed by atoms with Gasteiger partial charge in [0.15, 0.2) is 0 Å². The van der Waals surface area contributed by atoms with Crippen LogP contribution in [0.4, 0.5) is 4.39 Å². The van der Waals surface area contributed by atoms with Crippen molar-refractivity contribution >= 4 is 11.8 Å². The zero-order chi connectivity index (χ0) is 24.9. The van der Waals surface area contributed by atoms with E-state index in [4.69, 9.17) is 4.74 Å². The lowest BCUT2D eigenvalue weighted by Crippen LogP contribution is -2.47. The number of amides is 2. The van der Waals surface area contributed by atoms with Crippen molar-refractivity contribution in [3.8, 4) is 5.75 Å². The lowest BCUT2D eigenvalue weighted by molar-refractivity contribution is -0.124. The minimum Gasteiger partial charge on any atom is -0.497 e. The predicted octanol–water partition coefficient (Wildman–Crippen LogP) is 3.99. The third-order valence-electron chi connectivity index (χ3n) is 6.30. The number of hydrogen-bond acceptors (Lipinski definition) is 4. The Kier molecular flexibility index (Phi) is 7.46. The highest BCUT2D eigenvalue weighted by Crippen LogP contribution is 2.43. The van der Waals surface area contributed by atoms with Crippen LogP contribution in [0.2, 0.25) is 0 Å². The lowest BCUT2D eigenvalue weighted by atomic mass is 9.79. The maximum absolute atomic E-state index is 13.8. The van der Waals surface area contributed by atoms with Gasteiger partial charge < -0.3 is 19.9 Å². The smallest absolute Gasteiger partial charge is 0.255 e. The van der Waals surface area contributed by atoms with Crippen LogP contribution in [0.25, 0.3) is 0 Å². The zero-order valence-corrected chi connectivity index (χ0v) is 20.2. The van der Waals surface area contributed by atoms with E-state index in [0.29, 0.717) is 30.0 Å². The van der Waals surface area contributed by atoms with Gasteiger partial charge in [-0.1, -0.05) is 42.5 Å². The zero-order valence-electron chi connectivity index (χ0n) is 20.2. The first-order chi connectivity index (χ1) is 16.9. The Bertz CT molecular complexity index is 1180. The second-order valence-corrected chi connectivity index (χ2v) is 8.94. The van der Waals surface area contributed by atoms with Crippen molar-refractivity contribution in [3.05, 3.63) is 101 Å². The lowest BCUT2D eigenvalue weighted by Gasteiger charge is -2.42. The second kappa shape index (κ2) is 10.7. The van der Waals surface area contributed by atoms with Crippen LogP contribution in [-0.4, -0.2) is 55.9 Å². The fourth-order valence-electron chi connectivity index (χ4n) is 4.52. The Morgan fingerprint density at radius 1 is 1.03 bits per heavy atom. The number of hydrogen-bond donors (Lipinski definition) is 1. The quantitative estimate of drug-likeness (QED) is 0.535. The van der Waals surface area contributed by atoms with Gasteiger partial charge in [-0.15, -0.1) is 0 Å².